The van der Waals surface area contributed by atoms with E-state index in [0.717, 1.165) is 0 Å². The van der Waals surface area contributed by atoms with Crippen LogP contribution in [0.25, 0.3) is 22.3 Å². The molecule has 7 heteroatoms. The van der Waals surface area contributed by atoms with Crippen LogP contribution in [0.15, 0.2) is 40.4 Å². The van der Waals surface area contributed by atoms with Gasteiger partial charge in [-0.25, -0.2) is 9.97 Å². The van der Waals surface area contributed by atoms with Gasteiger partial charge in [-0.1, -0.05) is 41.6 Å². The van der Waals surface area contributed by atoms with E-state index < -0.39 is 0 Å². The molecule has 20 heavy (non-hydrogen) atoms. The van der Waals surface area contributed by atoms with Crippen molar-refractivity contribution in [1.82, 2.24) is 20.2 Å². The van der Waals surface area contributed by atoms with Crippen LogP contribution < -0.4 is 5.43 Å². The van der Waals surface area contributed by atoms with Crippen LogP contribution in [-0.2, 0) is 0 Å². The van der Waals surface area contributed by atoms with Gasteiger partial charge in [-0.3, -0.25) is 9.89 Å². The summed E-state index contributed by atoms with van der Waals surface area (Å²) in [4.78, 5) is 20.8. The molecule has 1 N–H and O–H groups in total. The topological polar surface area (TPSA) is 71.5 Å². The highest BCUT2D eigenvalue weighted by molar-refractivity contribution is 7.98. The molecule has 2 aromatic heterocycles. The average molecular weight is 305 g/mol. The van der Waals surface area contributed by atoms with Crippen molar-refractivity contribution in [2.75, 3.05) is 6.26 Å². The smallest absolute Gasteiger partial charge is 0.219 e. The monoisotopic (exact) mass is 304 g/mol. The Morgan fingerprint density at radius 1 is 1.30 bits per heavy atom. The number of H-pyrrole nitrogens is 1. The largest absolute Gasteiger partial charge is 0.287 e. The van der Waals surface area contributed by atoms with E-state index in [0.29, 0.717) is 26.8 Å². The van der Waals surface area contributed by atoms with Crippen LogP contribution in [-0.4, -0.2) is 26.4 Å². The van der Waals surface area contributed by atoms with Crippen molar-refractivity contribution in [3.63, 3.8) is 0 Å². The van der Waals surface area contributed by atoms with Crippen LogP contribution in [0.5, 0.6) is 0 Å². The standard InChI is InChI=1S/C13H9ClN4OS/c1-20-13-15-6-8-11(19)10(17-18-12(8)16-13)7-4-2-3-5-9(7)14/h2-6H,1H3,(H,15,16,18,19). The van der Waals surface area contributed by atoms with Crippen LogP contribution in [0.3, 0.4) is 0 Å². The predicted octanol–water partition coefficient (Wildman–Crippen LogP) is 2.76. The summed E-state index contributed by atoms with van der Waals surface area (Å²) in [5, 5.41) is 8.34. The molecule has 0 aliphatic heterocycles. The fourth-order valence-corrected chi connectivity index (χ4v) is 2.40. The van der Waals surface area contributed by atoms with Gasteiger partial charge in [0.2, 0.25) is 5.43 Å². The molecule has 100 valence electrons. The van der Waals surface area contributed by atoms with E-state index in [1.165, 1.54) is 18.0 Å². The average Bonchev–Trinajstić information content (AvgIpc) is 2.48. The second kappa shape index (κ2) is 5.22. The van der Waals surface area contributed by atoms with E-state index in [2.05, 4.69) is 20.2 Å². The van der Waals surface area contributed by atoms with Crippen molar-refractivity contribution in [1.29, 1.82) is 0 Å². The highest BCUT2D eigenvalue weighted by Gasteiger charge is 2.13. The lowest BCUT2D eigenvalue weighted by molar-refractivity contribution is 0.955. The summed E-state index contributed by atoms with van der Waals surface area (Å²) in [5.74, 6) is 0. The molecule has 0 unspecified atom stereocenters. The number of thioether (sulfide) groups is 1. The molecule has 0 bridgehead atoms. The highest BCUT2D eigenvalue weighted by atomic mass is 35.5. The number of benzene rings is 1. The zero-order valence-corrected chi connectivity index (χ0v) is 12.0. The van der Waals surface area contributed by atoms with Gasteiger partial charge in [0.15, 0.2) is 10.8 Å². The number of halogens is 1. The van der Waals surface area contributed by atoms with E-state index >= 15 is 0 Å². The minimum Gasteiger partial charge on any atom is -0.287 e. The number of hydrogen-bond acceptors (Lipinski definition) is 5. The Bertz CT molecular complexity index is 849. The normalized spacial score (nSPS) is 10.9. The summed E-state index contributed by atoms with van der Waals surface area (Å²) >= 11 is 7.50. The third kappa shape index (κ3) is 2.17. The van der Waals surface area contributed by atoms with Gasteiger partial charge in [-0.2, -0.15) is 5.10 Å². The number of aromatic amines is 1. The minimum atomic E-state index is -0.237. The maximum Gasteiger partial charge on any atom is 0.219 e. The number of nitrogens with one attached hydrogen (secondary N) is 1. The van der Waals surface area contributed by atoms with Crippen LogP contribution in [0.4, 0.5) is 0 Å². The lowest BCUT2D eigenvalue weighted by Crippen LogP contribution is -2.11. The fourth-order valence-electron chi connectivity index (χ4n) is 1.84. The first kappa shape index (κ1) is 13.1. The number of aromatic nitrogens is 4. The van der Waals surface area contributed by atoms with Crippen molar-refractivity contribution >= 4 is 34.4 Å². The van der Waals surface area contributed by atoms with Gasteiger partial charge in [-0.05, 0) is 12.3 Å². The van der Waals surface area contributed by atoms with Crippen molar-refractivity contribution in [2.45, 2.75) is 5.16 Å². The summed E-state index contributed by atoms with van der Waals surface area (Å²) < 4.78 is 0. The summed E-state index contributed by atoms with van der Waals surface area (Å²) in [5.41, 5.74) is 1.04. The van der Waals surface area contributed by atoms with Gasteiger partial charge in [0.25, 0.3) is 0 Å². The Hall–Kier alpha value is -1.92. The molecule has 5 nitrogen and oxygen atoms in total. The van der Waals surface area contributed by atoms with Crippen molar-refractivity contribution in [2.24, 2.45) is 0 Å². The van der Waals surface area contributed by atoms with Crippen LogP contribution in [0.1, 0.15) is 0 Å². The molecule has 0 saturated carbocycles. The summed E-state index contributed by atoms with van der Waals surface area (Å²) in [6.45, 7) is 0. The van der Waals surface area contributed by atoms with E-state index in [-0.39, 0.29) is 11.1 Å². The van der Waals surface area contributed by atoms with E-state index in [1.807, 2.05) is 6.26 Å². The lowest BCUT2D eigenvalue weighted by atomic mass is 10.1. The molecule has 0 aliphatic rings. The molecule has 0 amide bonds. The number of nitrogens with zero attached hydrogens (tertiary/aromatic N) is 3. The van der Waals surface area contributed by atoms with Crippen molar-refractivity contribution in [3.8, 4) is 11.3 Å². The first-order chi connectivity index (χ1) is 9.70. The molecule has 0 aliphatic carbocycles. The third-order valence-corrected chi connectivity index (χ3v) is 3.70. The van der Waals surface area contributed by atoms with Gasteiger partial charge in [0.1, 0.15) is 5.69 Å². The molecule has 1 aromatic carbocycles. The summed E-state index contributed by atoms with van der Waals surface area (Å²) in [7, 11) is 0. The molecular weight excluding hydrogens is 296 g/mol. The molecule has 0 fully saturated rings. The molecule has 0 spiro atoms. The van der Waals surface area contributed by atoms with Gasteiger partial charge in [0.05, 0.1) is 10.4 Å². The summed E-state index contributed by atoms with van der Waals surface area (Å²) in [6.07, 6.45) is 3.37. The van der Waals surface area contributed by atoms with Crippen LogP contribution in [0.2, 0.25) is 5.02 Å². The van der Waals surface area contributed by atoms with Crippen LogP contribution >= 0.6 is 23.4 Å². The quantitative estimate of drug-likeness (QED) is 0.582. The second-order valence-electron chi connectivity index (χ2n) is 4.00. The fraction of sp³-hybridized carbons (Fsp3) is 0.0769. The Kier molecular flexibility index (Phi) is 3.42. The molecule has 3 rings (SSSR count). The van der Waals surface area contributed by atoms with Gasteiger partial charge in [0, 0.05) is 11.8 Å². The number of hydrogen-bond donors (Lipinski definition) is 1. The molecule has 0 radical (unpaired) electrons. The SMILES string of the molecule is CSc1ncc2c(=O)c(-c3ccccc3Cl)n[nH]c2n1. The zero-order chi connectivity index (χ0) is 14.1. The third-order valence-electron chi connectivity index (χ3n) is 2.81. The van der Waals surface area contributed by atoms with Gasteiger partial charge >= 0.3 is 0 Å². The van der Waals surface area contributed by atoms with Gasteiger partial charge in [-0.15, -0.1) is 0 Å². The number of rotatable bonds is 2. The Morgan fingerprint density at radius 3 is 2.85 bits per heavy atom. The van der Waals surface area contributed by atoms with Crippen molar-refractivity contribution < 1.29 is 0 Å². The Morgan fingerprint density at radius 2 is 2.10 bits per heavy atom. The van der Waals surface area contributed by atoms with E-state index in [4.69, 9.17) is 11.6 Å². The molecule has 3 aromatic rings. The van der Waals surface area contributed by atoms with E-state index in [1.54, 1.807) is 24.3 Å². The highest BCUT2D eigenvalue weighted by Crippen LogP contribution is 2.24. The van der Waals surface area contributed by atoms with E-state index in [9.17, 15) is 4.79 Å². The Balaban J connectivity index is 2.27. The second-order valence-corrected chi connectivity index (χ2v) is 5.18. The van der Waals surface area contributed by atoms with Crippen molar-refractivity contribution in [3.05, 3.63) is 45.7 Å². The van der Waals surface area contributed by atoms with Gasteiger partial charge < -0.3 is 0 Å². The molecule has 2 heterocycles. The lowest BCUT2D eigenvalue weighted by Gasteiger charge is -2.04. The molecule has 0 saturated heterocycles. The molecular formula is C13H9ClN4OS. The first-order valence-electron chi connectivity index (χ1n) is 5.75. The maximum absolute atomic E-state index is 12.5. The minimum absolute atomic E-state index is 0.237. The number of fused-ring (bicyclic) bond motifs is 1. The summed E-state index contributed by atoms with van der Waals surface area (Å²) in [6, 6.07) is 7.08. The maximum atomic E-state index is 12.5. The Labute approximate surface area is 123 Å². The zero-order valence-electron chi connectivity index (χ0n) is 10.4. The molecule has 0 atom stereocenters. The first-order valence-corrected chi connectivity index (χ1v) is 7.35. The van der Waals surface area contributed by atoms with Crippen LogP contribution in [0, 0.1) is 0 Å². The predicted molar refractivity (Wildman–Crippen MR) is 80.2 cm³/mol.